The van der Waals surface area contributed by atoms with Crippen LogP contribution >= 0.6 is 0 Å². The Labute approximate surface area is 72.1 Å². The van der Waals surface area contributed by atoms with Crippen LogP contribution in [0.25, 0.3) is 0 Å². The van der Waals surface area contributed by atoms with Crippen molar-refractivity contribution in [1.29, 1.82) is 5.26 Å². The van der Waals surface area contributed by atoms with E-state index in [0.717, 1.165) is 5.69 Å². The molecule has 0 aliphatic rings. The van der Waals surface area contributed by atoms with E-state index in [4.69, 9.17) is 5.26 Å². The van der Waals surface area contributed by atoms with E-state index >= 15 is 0 Å². The Kier molecular flexibility index (Phi) is 2.39. The molecule has 0 aliphatic heterocycles. The third-order valence-corrected chi connectivity index (χ3v) is 1.71. The van der Waals surface area contributed by atoms with E-state index in [9.17, 15) is 0 Å². The highest BCUT2D eigenvalue weighted by molar-refractivity contribution is 5.33. The van der Waals surface area contributed by atoms with Crippen molar-refractivity contribution >= 4 is 0 Å². The van der Waals surface area contributed by atoms with Gasteiger partial charge in [-0.05, 0) is 18.9 Å². The zero-order chi connectivity index (χ0) is 9.14. The minimum absolute atomic E-state index is 0.324. The van der Waals surface area contributed by atoms with Crippen molar-refractivity contribution in [3.8, 4) is 6.07 Å². The highest BCUT2D eigenvalue weighted by atomic mass is 15.1. The van der Waals surface area contributed by atoms with Crippen molar-refractivity contribution in [3.05, 3.63) is 23.0 Å². The summed E-state index contributed by atoms with van der Waals surface area (Å²) in [6.07, 6.45) is 0. The molecule has 0 unspecified atom stereocenters. The summed E-state index contributed by atoms with van der Waals surface area (Å²) in [6.45, 7) is 5.84. The standard InChI is InChI=1S/C9H11N3/c1-6(2)9-4-8(5-10)7(3)11-12-9/h4,6H,1-3H3. The minimum Gasteiger partial charge on any atom is -0.192 e. The second-order valence-electron chi connectivity index (χ2n) is 3.03. The summed E-state index contributed by atoms with van der Waals surface area (Å²) >= 11 is 0. The molecule has 0 saturated heterocycles. The van der Waals surface area contributed by atoms with Gasteiger partial charge in [-0.3, -0.25) is 0 Å². The SMILES string of the molecule is Cc1nnc(C(C)C)cc1C#N. The lowest BCUT2D eigenvalue weighted by molar-refractivity contribution is 0.775. The summed E-state index contributed by atoms with van der Waals surface area (Å²) in [5.74, 6) is 0.324. The molecule has 62 valence electrons. The van der Waals surface area contributed by atoms with Crippen LogP contribution in [0.1, 0.15) is 36.7 Å². The third kappa shape index (κ3) is 1.59. The number of rotatable bonds is 1. The van der Waals surface area contributed by atoms with E-state index in [2.05, 4.69) is 16.3 Å². The Hall–Kier alpha value is -1.43. The summed E-state index contributed by atoms with van der Waals surface area (Å²) in [5, 5.41) is 16.6. The molecule has 0 bridgehead atoms. The Morgan fingerprint density at radius 2 is 2.08 bits per heavy atom. The van der Waals surface area contributed by atoms with Crippen LogP contribution in [0.5, 0.6) is 0 Å². The number of nitrogens with zero attached hydrogens (tertiary/aromatic N) is 3. The number of nitriles is 1. The maximum Gasteiger partial charge on any atom is 0.101 e. The summed E-state index contributed by atoms with van der Waals surface area (Å²) < 4.78 is 0. The summed E-state index contributed by atoms with van der Waals surface area (Å²) in [5.41, 5.74) is 2.19. The van der Waals surface area contributed by atoms with Gasteiger partial charge in [0, 0.05) is 0 Å². The lowest BCUT2D eigenvalue weighted by Crippen LogP contribution is -1.99. The van der Waals surface area contributed by atoms with E-state index in [0.29, 0.717) is 17.2 Å². The van der Waals surface area contributed by atoms with E-state index in [1.54, 1.807) is 13.0 Å². The Morgan fingerprint density at radius 3 is 2.58 bits per heavy atom. The molecule has 0 amide bonds. The fourth-order valence-corrected chi connectivity index (χ4v) is 0.863. The Bertz CT molecular complexity index is 323. The quantitative estimate of drug-likeness (QED) is 0.630. The van der Waals surface area contributed by atoms with Crippen LogP contribution in [0.15, 0.2) is 6.07 Å². The molecule has 1 rings (SSSR count). The van der Waals surface area contributed by atoms with E-state index in [1.165, 1.54) is 0 Å². The first-order valence-electron chi connectivity index (χ1n) is 3.89. The largest absolute Gasteiger partial charge is 0.192 e. The molecule has 3 heteroatoms. The molecule has 0 aromatic carbocycles. The van der Waals surface area contributed by atoms with Gasteiger partial charge >= 0.3 is 0 Å². The van der Waals surface area contributed by atoms with Gasteiger partial charge in [-0.2, -0.15) is 15.5 Å². The van der Waals surface area contributed by atoms with Crippen molar-refractivity contribution in [3.63, 3.8) is 0 Å². The van der Waals surface area contributed by atoms with Crippen molar-refractivity contribution < 1.29 is 0 Å². The van der Waals surface area contributed by atoms with E-state index in [-0.39, 0.29) is 0 Å². The Morgan fingerprint density at radius 1 is 1.42 bits per heavy atom. The second kappa shape index (κ2) is 3.31. The van der Waals surface area contributed by atoms with Crippen molar-refractivity contribution in [2.75, 3.05) is 0 Å². The average molecular weight is 161 g/mol. The lowest BCUT2D eigenvalue weighted by Gasteiger charge is -2.03. The van der Waals surface area contributed by atoms with Crippen LogP contribution in [0.4, 0.5) is 0 Å². The maximum atomic E-state index is 8.71. The molecule has 12 heavy (non-hydrogen) atoms. The molecule has 0 spiro atoms. The van der Waals surface area contributed by atoms with Crippen LogP contribution in [0.2, 0.25) is 0 Å². The molecule has 0 fully saturated rings. The van der Waals surface area contributed by atoms with Crippen LogP contribution in [-0.2, 0) is 0 Å². The molecular formula is C9H11N3. The molecule has 0 atom stereocenters. The van der Waals surface area contributed by atoms with Crippen molar-refractivity contribution in [2.24, 2.45) is 0 Å². The molecule has 0 aliphatic carbocycles. The fraction of sp³-hybridized carbons (Fsp3) is 0.444. The van der Waals surface area contributed by atoms with E-state index < -0.39 is 0 Å². The molecule has 0 N–H and O–H groups in total. The first kappa shape index (κ1) is 8.66. The monoisotopic (exact) mass is 161 g/mol. The number of aromatic nitrogens is 2. The topological polar surface area (TPSA) is 49.6 Å². The number of aryl methyl sites for hydroxylation is 1. The number of hydrogen-bond donors (Lipinski definition) is 0. The van der Waals surface area contributed by atoms with Crippen LogP contribution in [0.3, 0.4) is 0 Å². The van der Waals surface area contributed by atoms with Crippen molar-refractivity contribution in [1.82, 2.24) is 10.2 Å². The predicted molar refractivity (Wildman–Crippen MR) is 45.6 cm³/mol. The van der Waals surface area contributed by atoms with Gasteiger partial charge in [0.15, 0.2) is 0 Å². The van der Waals surface area contributed by atoms with Gasteiger partial charge < -0.3 is 0 Å². The molecule has 1 aromatic rings. The molecule has 0 saturated carbocycles. The lowest BCUT2D eigenvalue weighted by atomic mass is 10.1. The van der Waals surface area contributed by atoms with Gasteiger partial charge in [-0.1, -0.05) is 13.8 Å². The highest BCUT2D eigenvalue weighted by Crippen LogP contribution is 2.12. The molecule has 1 aromatic heterocycles. The third-order valence-electron chi connectivity index (χ3n) is 1.71. The van der Waals surface area contributed by atoms with Gasteiger partial charge in [-0.25, -0.2) is 0 Å². The van der Waals surface area contributed by atoms with Gasteiger partial charge in [0.05, 0.1) is 17.0 Å². The first-order chi connectivity index (χ1) is 5.65. The number of hydrogen-bond acceptors (Lipinski definition) is 3. The van der Waals surface area contributed by atoms with E-state index in [1.807, 2.05) is 13.8 Å². The summed E-state index contributed by atoms with van der Waals surface area (Å²) in [4.78, 5) is 0. The minimum atomic E-state index is 0.324. The van der Waals surface area contributed by atoms with Gasteiger partial charge in [0.2, 0.25) is 0 Å². The molecule has 1 heterocycles. The maximum absolute atomic E-state index is 8.71. The fourth-order valence-electron chi connectivity index (χ4n) is 0.863. The highest BCUT2D eigenvalue weighted by Gasteiger charge is 2.05. The summed E-state index contributed by atoms with van der Waals surface area (Å²) in [6, 6.07) is 3.89. The first-order valence-corrected chi connectivity index (χ1v) is 3.89. The van der Waals surface area contributed by atoms with Crippen LogP contribution in [-0.4, -0.2) is 10.2 Å². The normalized spacial score (nSPS) is 9.92. The van der Waals surface area contributed by atoms with Gasteiger partial charge in [0.1, 0.15) is 6.07 Å². The van der Waals surface area contributed by atoms with Crippen LogP contribution in [0, 0.1) is 18.3 Å². The smallest absolute Gasteiger partial charge is 0.101 e. The van der Waals surface area contributed by atoms with Gasteiger partial charge in [0.25, 0.3) is 0 Å². The predicted octanol–water partition coefficient (Wildman–Crippen LogP) is 1.78. The molecule has 3 nitrogen and oxygen atoms in total. The second-order valence-corrected chi connectivity index (χ2v) is 3.03. The average Bonchev–Trinajstić information content (AvgIpc) is 2.05. The molecular weight excluding hydrogens is 150 g/mol. The van der Waals surface area contributed by atoms with Gasteiger partial charge in [-0.15, -0.1) is 0 Å². The summed E-state index contributed by atoms with van der Waals surface area (Å²) in [7, 11) is 0. The molecule has 0 radical (unpaired) electrons. The zero-order valence-electron chi connectivity index (χ0n) is 7.50. The van der Waals surface area contributed by atoms with Crippen LogP contribution < -0.4 is 0 Å². The Balaban J connectivity index is 3.16. The van der Waals surface area contributed by atoms with Crippen molar-refractivity contribution in [2.45, 2.75) is 26.7 Å². The zero-order valence-corrected chi connectivity index (χ0v) is 7.50.